The SMILES string of the molecule is CN(C)C/C=C/C(=O)N1CC(COc2cc(-c3ccc(O)c(F)c3)cc3[nH]ncc23)C1. The number of phenols is 1. The molecule has 31 heavy (non-hydrogen) atoms. The van der Waals surface area contributed by atoms with Crippen LogP contribution in [0.25, 0.3) is 22.0 Å². The van der Waals surface area contributed by atoms with Gasteiger partial charge in [0.15, 0.2) is 11.6 Å². The first-order valence-corrected chi connectivity index (χ1v) is 10.1. The van der Waals surface area contributed by atoms with Crippen molar-refractivity contribution in [2.45, 2.75) is 0 Å². The summed E-state index contributed by atoms with van der Waals surface area (Å²) in [6, 6.07) is 7.98. The van der Waals surface area contributed by atoms with E-state index in [1.807, 2.05) is 37.2 Å². The molecule has 0 aliphatic carbocycles. The molecular weight excluding hydrogens is 399 g/mol. The Hall–Kier alpha value is -3.39. The molecule has 2 heterocycles. The van der Waals surface area contributed by atoms with Gasteiger partial charge in [-0.05, 0) is 49.5 Å². The molecule has 1 saturated heterocycles. The van der Waals surface area contributed by atoms with Gasteiger partial charge in [-0.2, -0.15) is 5.10 Å². The zero-order valence-corrected chi connectivity index (χ0v) is 17.5. The lowest BCUT2D eigenvalue weighted by Crippen LogP contribution is -2.51. The van der Waals surface area contributed by atoms with Crippen molar-refractivity contribution in [1.29, 1.82) is 0 Å². The Morgan fingerprint density at radius 2 is 2.13 bits per heavy atom. The number of aromatic hydroxyl groups is 1. The van der Waals surface area contributed by atoms with Gasteiger partial charge in [-0.25, -0.2) is 4.39 Å². The van der Waals surface area contributed by atoms with Crippen LogP contribution in [0.15, 0.2) is 48.7 Å². The van der Waals surface area contributed by atoms with Crippen molar-refractivity contribution in [2.24, 2.45) is 5.92 Å². The van der Waals surface area contributed by atoms with Crippen LogP contribution in [0.5, 0.6) is 11.5 Å². The molecule has 2 N–H and O–H groups in total. The summed E-state index contributed by atoms with van der Waals surface area (Å²) < 4.78 is 19.9. The van der Waals surface area contributed by atoms with E-state index in [1.165, 1.54) is 12.1 Å². The van der Waals surface area contributed by atoms with Crippen LogP contribution < -0.4 is 4.74 Å². The second-order valence-electron chi connectivity index (χ2n) is 8.06. The van der Waals surface area contributed by atoms with Crippen molar-refractivity contribution in [3.63, 3.8) is 0 Å². The van der Waals surface area contributed by atoms with Gasteiger partial charge in [-0.3, -0.25) is 9.89 Å². The van der Waals surface area contributed by atoms with Gasteiger partial charge in [-0.15, -0.1) is 0 Å². The number of amides is 1. The van der Waals surface area contributed by atoms with Crippen molar-refractivity contribution in [3.05, 3.63) is 54.5 Å². The molecule has 0 spiro atoms. The summed E-state index contributed by atoms with van der Waals surface area (Å²) in [6.45, 7) is 2.51. The first-order chi connectivity index (χ1) is 14.9. The number of fused-ring (bicyclic) bond motifs is 1. The van der Waals surface area contributed by atoms with E-state index < -0.39 is 5.82 Å². The van der Waals surface area contributed by atoms with Crippen molar-refractivity contribution >= 4 is 16.8 Å². The third kappa shape index (κ3) is 4.69. The number of carbonyl (C=O) groups is 1. The number of phenolic OH excluding ortho intramolecular Hbond substituents is 1. The Labute approximate surface area is 179 Å². The molecule has 0 saturated carbocycles. The molecular formula is C23H25FN4O3. The number of carbonyl (C=O) groups excluding carboxylic acids is 1. The lowest BCUT2D eigenvalue weighted by molar-refractivity contribution is -0.132. The fourth-order valence-electron chi connectivity index (χ4n) is 3.52. The molecule has 4 rings (SSSR count). The first-order valence-electron chi connectivity index (χ1n) is 10.1. The normalized spacial score (nSPS) is 14.5. The predicted molar refractivity (Wildman–Crippen MR) is 116 cm³/mol. The number of nitrogens with one attached hydrogen (secondary N) is 1. The number of hydrogen-bond acceptors (Lipinski definition) is 5. The molecule has 1 amide bonds. The van der Waals surface area contributed by atoms with Gasteiger partial charge in [0.25, 0.3) is 0 Å². The van der Waals surface area contributed by atoms with Crippen LogP contribution in [0, 0.1) is 11.7 Å². The van der Waals surface area contributed by atoms with Gasteiger partial charge in [0.1, 0.15) is 5.75 Å². The van der Waals surface area contributed by atoms with Crippen LogP contribution in [0.1, 0.15) is 0 Å². The van der Waals surface area contributed by atoms with E-state index in [2.05, 4.69) is 10.2 Å². The van der Waals surface area contributed by atoms with Gasteiger partial charge in [0.05, 0.1) is 23.7 Å². The average molecular weight is 424 g/mol. The monoisotopic (exact) mass is 424 g/mol. The number of benzene rings is 2. The van der Waals surface area contributed by atoms with Gasteiger partial charge >= 0.3 is 0 Å². The number of ether oxygens (including phenoxy) is 1. The number of nitrogens with zero attached hydrogens (tertiary/aromatic N) is 3. The smallest absolute Gasteiger partial charge is 0.246 e. The lowest BCUT2D eigenvalue weighted by atomic mass is 10.0. The molecule has 3 aromatic rings. The van der Waals surface area contributed by atoms with Crippen LogP contribution in [0.2, 0.25) is 0 Å². The minimum Gasteiger partial charge on any atom is -0.505 e. The summed E-state index contributed by atoms with van der Waals surface area (Å²) in [5.74, 6) is -0.146. The summed E-state index contributed by atoms with van der Waals surface area (Å²) in [4.78, 5) is 15.9. The highest BCUT2D eigenvalue weighted by Gasteiger charge is 2.30. The van der Waals surface area contributed by atoms with E-state index in [4.69, 9.17) is 4.74 Å². The van der Waals surface area contributed by atoms with Crippen LogP contribution in [-0.4, -0.2) is 71.3 Å². The van der Waals surface area contributed by atoms with Gasteiger partial charge in [0, 0.05) is 31.6 Å². The number of likely N-dealkylation sites (N-methyl/N-ethyl adjacent to an activating group) is 1. The van der Waals surface area contributed by atoms with Gasteiger partial charge in [0.2, 0.25) is 5.91 Å². The van der Waals surface area contributed by atoms with Crippen LogP contribution in [0.3, 0.4) is 0 Å². The molecule has 0 atom stereocenters. The van der Waals surface area contributed by atoms with E-state index in [9.17, 15) is 14.3 Å². The third-order valence-electron chi connectivity index (χ3n) is 5.28. The van der Waals surface area contributed by atoms with E-state index >= 15 is 0 Å². The maximum absolute atomic E-state index is 13.8. The quantitative estimate of drug-likeness (QED) is 0.570. The largest absolute Gasteiger partial charge is 0.505 e. The maximum atomic E-state index is 13.8. The minimum absolute atomic E-state index is 0.0201. The predicted octanol–water partition coefficient (Wildman–Crippen LogP) is 3.03. The number of hydrogen-bond donors (Lipinski definition) is 2. The summed E-state index contributed by atoms with van der Waals surface area (Å²) in [5.41, 5.74) is 2.15. The molecule has 1 aliphatic rings. The molecule has 0 radical (unpaired) electrons. The second-order valence-corrected chi connectivity index (χ2v) is 8.06. The molecule has 1 aliphatic heterocycles. The standard InChI is InChI=1S/C23H25FN4O3/c1-27(2)7-3-4-23(30)28-12-15(13-28)14-31-22-10-17(9-20-18(22)11-25-26-20)16-5-6-21(29)19(24)8-16/h3-6,8-11,15,29H,7,12-14H2,1-2H3,(H,25,26)/b4-3+. The Morgan fingerprint density at radius 1 is 1.32 bits per heavy atom. The molecule has 1 aromatic heterocycles. The van der Waals surface area contributed by atoms with Crippen LogP contribution in [0.4, 0.5) is 4.39 Å². The Bertz CT molecular complexity index is 1120. The molecule has 0 bridgehead atoms. The highest BCUT2D eigenvalue weighted by molar-refractivity contribution is 5.90. The van der Waals surface area contributed by atoms with Gasteiger partial charge < -0.3 is 19.6 Å². The van der Waals surface area contributed by atoms with Crippen molar-refractivity contribution < 1.29 is 19.0 Å². The number of H-pyrrole nitrogens is 1. The molecule has 8 heteroatoms. The molecule has 1 fully saturated rings. The summed E-state index contributed by atoms with van der Waals surface area (Å²) in [7, 11) is 3.91. The fourth-order valence-corrected chi connectivity index (χ4v) is 3.52. The van der Waals surface area contributed by atoms with E-state index in [1.54, 1.807) is 23.2 Å². The lowest BCUT2D eigenvalue weighted by Gasteiger charge is -2.38. The number of likely N-dealkylation sites (tertiary alicyclic amines) is 1. The summed E-state index contributed by atoms with van der Waals surface area (Å²) in [6.07, 6.45) is 5.17. The van der Waals surface area contributed by atoms with Crippen molar-refractivity contribution in [1.82, 2.24) is 20.0 Å². The summed E-state index contributed by atoms with van der Waals surface area (Å²) >= 11 is 0. The fraction of sp³-hybridized carbons (Fsp3) is 0.304. The second kappa shape index (κ2) is 8.77. The number of halogens is 1. The summed E-state index contributed by atoms with van der Waals surface area (Å²) in [5, 5.41) is 17.3. The molecule has 2 aromatic carbocycles. The zero-order chi connectivity index (χ0) is 22.0. The topological polar surface area (TPSA) is 81.7 Å². The highest BCUT2D eigenvalue weighted by atomic mass is 19.1. The molecule has 162 valence electrons. The first kappa shape index (κ1) is 20.9. The van der Waals surface area contributed by atoms with Crippen LogP contribution >= 0.6 is 0 Å². The van der Waals surface area contributed by atoms with E-state index in [0.29, 0.717) is 31.0 Å². The molecule has 7 nitrogen and oxygen atoms in total. The Morgan fingerprint density at radius 3 is 2.87 bits per heavy atom. The Balaban J connectivity index is 1.41. The minimum atomic E-state index is -0.677. The number of aromatic nitrogens is 2. The number of rotatable bonds is 7. The number of aromatic amines is 1. The third-order valence-corrected chi connectivity index (χ3v) is 5.28. The highest BCUT2D eigenvalue weighted by Crippen LogP contribution is 2.33. The van der Waals surface area contributed by atoms with Gasteiger partial charge in [-0.1, -0.05) is 12.1 Å². The van der Waals surface area contributed by atoms with Crippen molar-refractivity contribution in [3.8, 4) is 22.6 Å². The maximum Gasteiger partial charge on any atom is 0.246 e. The molecule has 0 unspecified atom stereocenters. The van der Waals surface area contributed by atoms with Crippen LogP contribution in [-0.2, 0) is 4.79 Å². The van der Waals surface area contributed by atoms with E-state index in [0.717, 1.165) is 23.0 Å². The van der Waals surface area contributed by atoms with Crippen molar-refractivity contribution in [2.75, 3.05) is 40.3 Å². The Kier molecular flexibility index (Phi) is 5.90. The zero-order valence-electron chi connectivity index (χ0n) is 17.5. The average Bonchev–Trinajstić information content (AvgIpc) is 3.17. The van der Waals surface area contributed by atoms with E-state index in [-0.39, 0.29) is 17.6 Å².